The van der Waals surface area contributed by atoms with E-state index in [-0.39, 0.29) is 12.8 Å². The Bertz CT molecular complexity index is 1220. The van der Waals surface area contributed by atoms with Crippen molar-refractivity contribution in [3.63, 3.8) is 0 Å². The lowest BCUT2D eigenvalue weighted by Gasteiger charge is -2.28. The number of amides is 1. The molecular formula is C22H19F6N3O3S. The molecular weight excluding hydrogens is 500 g/mol. The molecule has 1 fully saturated rings. The molecule has 35 heavy (non-hydrogen) atoms. The largest absolute Gasteiger partial charge is 0.407 e. The van der Waals surface area contributed by atoms with Crippen molar-refractivity contribution in [1.82, 2.24) is 10.6 Å². The molecule has 1 unspecified atom stereocenters. The summed E-state index contributed by atoms with van der Waals surface area (Å²) in [6, 6.07) is 2.95. The number of sulfone groups is 1. The third-order valence-electron chi connectivity index (χ3n) is 5.39. The number of rotatable bonds is 9. The number of halogens is 6. The van der Waals surface area contributed by atoms with Gasteiger partial charge in [-0.25, -0.2) is 21.6 Å². The number of hydrogen-bond acceptors (Lipinski definition) is 5. The topological polar surface area (TPSA) is 99.1 Å². The summed E-state index contributed by atoms with van der Waals surface area (Å²) in [7, 11) is -4.56. The smallest absolute Gasteiger partial charge is 0.336 e. The summed E-state index contributed by atoms with van der Waals surface area (Å²) in [5, 5.41) is 13.4. The van der Waals surface area contributed by atoms with E-state index in [1.807, 2.05) is 5.32 Å². The van der Waals surface area contributed by atoms with E-state index in [0.717, 1.165) is 42.5 Å². The molecule has 2 N–H and O–H groups in total. The number of nitrogens with one attached hydrogen (secondary N) is 2. The summed E-state index contributed by atoms with van der Waals surface area (Å²) in [6.45, 7) is 0. The molecule has 188 valence electrons. The molecule has 0 bridgehead atoms. The van der Waals surface area contributed by atoms with Crippen LogP contribution in [0.5, 0.6) is 0 Å². The van der Waals surface area contributed by atoms with Crippen molar-refractivity contribution in [1.29, 1.82) is 5.26 Å². The van der Waals surface area contributed by atoms with Gasteiger partial charge in [-0.1, -0.05) is 18.2 Å². The van der Waals surface area contributed by atoms with Crippen LogP contribution in [0.4, 0.5) is 26.3 Å². The molecule has 1 aliphatic carbocycles. The van der Waals surface area contributed by atoms with Gasteiger partial charge >= 0.3 is 6.18 Å². The van der Waals surface area contributed by atoms with E-state index in [0.29, 0.717) is 0 Å². The SMILES string of the molecule is N#CC1(NC(=O)C(CS(=O)(=O)Cc2c(F)cccc2F)N[C@H](c2ccc(F)cc2)C(F)(F)F)CC1. The minimum Gasteiger partial charge on any atom is -0.336 e. The number of hydrogen-bond donors (Lipinski definition) is 2. The number of benzene rings is 2. The van der Waals surface area contributed by atoms with Gasteiger partial charge in [0.05, 0.1) is 17.6 Å². The van der Waals surface area contributed by atoms with Crippen molar-refractivity contribution in [2.24, 2.45) is 0 Å². The van der Waals surface area contributed by atoms with Crippen LogP contribution in [0.1, 0.15) is 30.0 Å². The van der Waals surface area contributed by atoms with E-state index in [4.69, 9.17) is 0 Å². The van der Waals surface area contributed by atoms with Crippen LogP contribution in [0.3, 0.4) is 0 Å². The van der Waals surface area contributed by atoms with Crippen LogP contribution in [0.2, 0.25) is 0 Å². The number of nitrogens with zero attached hydrogens (tertiary/aromatic N) is 1. The molecule has 1 amide bonds. The first-order chi connectivity index (χ1) is 16.3. The second-order valence-corrected chi connectivity index (χ2v) is 10.3. The molecule has 1 saturated carbocycles. The van der Waals surface area contributed by atoms with E-state index in [1.54, 1.807) is 6.07 Å². The minimum atomic E-state index is -5.04. The van der Waals surface area contributed by atoms with Crippen molar-refractivity contribution in [3.8, 4) is 6.07 Å². The summed E-state index contributed by atoms with van der Waals surface area (Å²) in [5.74, 6) is -6.86. The Morgan fingerprint density at radius 2 is 1.63 bits per heavy atom. The predicted octanol–water partition coefficient (Wildman–Crippen LogP) is 3.45. The molecule has 0 radical (unpaired) electrons. The van der Waals surface area contributed by atoms with Crippen molar-refractivity contribution < 1.29 is 39.6 Å². The van der Waals surface area contributed by atoms with E-state index in [2.05, 4.69) is 5.32 Å². The van der Waals surface area contributed by atoms with Gasteiger partial charge in [0, 0.05) is 5.56 Å². The summed E-state index contributed by atoms with van der Waals surface area (Å²) in [4.78, 5) is 12.8. The van der Waals surface area contributed by atoms with Gasteiger partial charge in [-0.2, -0.15) is 18.4 Å². The average Bonchev–Trinajstić information content (AvgIpc) is 3.53. The summed E-state index contributed by atoms with van der Waals surface area (Å²) < 4.78 is 108. The fourth-order valence-electron chi connectivity index (χ4n) is 3.35. The monoisotopic (exact) mass is 519 g/mol. The molecule has 2 aromatic rings. The molecule has 6 nitrogen and oxygen atoms in total. The van der Waals surface area contributed by atoms with Crippen molar-refractivity contribution >= 4 is 15.7 Å². The third kappa shape index (κ3) is 6.73. The highest BCUT2D eigenvalue weighted by molar-refractivity contribution is 7.90. The molecule has 3 rings (SSSR count). The van der Waals surface area contributed by atoms with Crippen LogP contribution >= 0.6 is 0 Å². The summed E-state index contributed by atoms with van der Waals surface area (Å²) in [6.07, 6.45) is -4.60. The van der Waals surface area contributed by atoms with Crippen LogP contribution < -0.4 is 10.6 Å². The highest BCUT2D eigenvalue weighted by atomic mass is 32.2. The zero-order chi connectivity index (χ0) is 26.0. The number of carbonyl (C=O) groups is 1. The molecule has 1 aliphatic rings. The van der Waals surface area contributed by atoms with Gasteiger partial charge in [-0.3, -0.25) is 10.1 Å². The number of alkyl halides is 3. The fourth-order valence-corrected chi connectivity index (χ4v) is 4.94. The van der Waals surface area contributed by atoms with Gasteiger partial charge in [0.15, 0.2) is 9.84 Å². The maximum atomic E-state index is 14.0. The first kappa shape index (κ1) is 26.5. The number of nitriles is 1. The third-order valence-corrected chi connectivity index (χ3v) is 6.96. The number of carbonyl (C=O) groups excluding carboxylic acids is 1. The molecule has 2 aromatic carbocycles. The summed E-state index contributed by atoms with van der Waals surface area (Å²) >= 11 is 0. The highest BCUT2D eigenvalue weighted by Crippen LogP contribution is 2.36. The minimum absolute atomic E-state index is 0.218. The molecule has 0 saturated heterocycles. The molecule has 2 atom stereocenters. The average molecular weight is 519 g/mol. The van der Waals surface area contributed by atoms with E-state index in [9.17, 15) is 44.8 Å². The van der Waals surface area contributed by atoms with Crippen molar-refractivity contribution in [2.45, 2.75) is 42.4 Å². The molecule has 0 heterocycles. The van der Waals surface area contributed by atoms with E-state index >= 15 is 0 Å². The van der Waals surface area contributed by atoms with Crippen molar-refractivity contribution in [2.75, 3.05) is 5.75 Å². The molecule has 0 aromatic heterocycles. The Hall–Kier alpha value is -3.11. The standard InChI is InChI=1S/C22H19F6N3O3S/c23-14-6-4-13(5-7-14)19(22(26,27)28)30-18(20(32)31-21(12-29)8-9-21)11-35(33,34)10-15-16(24)2-1-3-17(15)25/h1-7,18-19,30H,8-11H2,(H,31,32)/t18?,19-/m1/s1. The molecule has 0 aliphatic heterocycles. The Labute approximate surface area is 196 Å². The highest BCUT2D eigenvalue weighted by Gasteiger charge is 2.48. The second-order valence-electron chi connectivity index (χ2n) is 8.18. The Kier molecular flexibility index (Phi) is 7.47. The van der Waals surface area contributed by atoms with Gasteiger partial charge in [0.1, 0.15) is 35.1 Å². The summed E-state index contributed by atoms with van der Waals surface area (Å²) in [5.41, 5.74) is -2.66. The lowest BCUT2D eigenvalue weighted by molar-refractivity contribution is -0.160. The Morgan fingerprint density at radius 3 is 2.11 bits per heavy atom. The van der Waals surface area contributed by atoms with E-state index in [1.165, 1.54) is 0 Å². The first-order valence-electron chi connectivity index (χ1n) is 10.2. The Balaban J connectivity index is 1.93. The maximum Gasteiger partial charge on any atom is 0.407 e. The van der Waals surface area contributed by atoms with E-state index < -0.39 is 79.6 Å². The van der Waals surface area contributed by atoms with Crippen LogP contribution in [0.15, 0.2) is 42.5 Å². The van der Waals surface area contributed by atoms with Gasteiger partial charge in [0.25, 0.3) is 0 Å². The molecule has 0 spiro atoms. The first-order valence-corrected chi connectivity index (χ1v) is 12.0. The van der Waals surface area contributed by atoms with Crippen LogP contribution in [0, 0.1) is 28.8 Å². The lowest BCUT2D eigenvalue weighted by atomic mass is 10.0. The van der Waals surface area contributed by atoms with Gasteiger partial charge in [0.2, 0.25) is 5.91 Å². The Morgan fingerprint density at radius 1 is 1.06 bits per heavy atom. The van der Waals surface area contributed by atoms with Crippen LogP contribution in [-0.4, -0.2) is 37.8 Å². The van der Waals surface area contributed by atoms with Crippen LogP contribution in [-0.2, 0) is 20.4 Å². The lowest BCUT2D eigenvalue weighted by Crippen LogP contribution is -2.54. The normalized spacial score (nSPS) is 16.7. The quantitative estimate of drug-likeness (QED) is 0.495. The zero-order valence-corrected chi connectivity index (χ0v) is 18.7. The van der Waals surface area contributed by atoms with Gasteiger partial charge in [-0.05, 0) is 42.7 Å². The van der Waals surface area contributed by atoms with Gasteiger partial charge in [-0.15, -0.1) is 0 Å². The second kappa shape index (κ2) is 9.87. The predicted molar refractivity (Wildman–Crippen MR) is 112 cm³/mol. The van der Waals surface area contributed by atoms with Crippen LogP contribution in [0.25, 0.3) is 0 Å². The molecule has 13 heteroatoms. The fraction of sp³-hybridized carbons (Fsp3) is 0.364. The maximum absolute atomic E-state index is 14.0. The van der Waals surface area contributed by atoms with Gasteiger partial charge < -0.3 is 5.32 Å². The van der Waals surface area contributed by atoms with Crippen molar-refractivity contribution in [3.05, 3.63) is 71.0 Å². The zero-order valence-electron chi connectivity index (χ0n) is 17.9.